The fraction of sp³-hybridized carbons (Fsp3) is 0.981. The Bertz CT molecular complexity index is 976. The van der Waals surface area contributed by atoms with Gasteiger partial charge in [0.25, 0.3) is 0 Å². The van der Waals surface area contributed by atoms with Gasteiger partial charge in [0.1, 0.15) is 19.3 Å². The number of hydrogen-bond donors (Lipinski definition) is 1. The summed E-state index contributed by atoms with van der Waals surface area (Å²) >= 11 is 0. The average Bonchev–Trinajstić information content (AvgIpc) is 3.24. The lowest BCUT2D eigenvalue weighted by Gasteiger charge is -2.24. The minimum Gasteiger partial charge on any atom is -0.457 e. The van der Waals surface area contributed by atoms with Crippen LogP contribution in [0.1, 0.15) is 284 Å². The highest BCUT2D eigenvalue weighted by molar-refractivity contribution is 7.47. The van der Waals surface area contributed by atoms with Gasteiger partial charge in [0, 0.05) is 13.0 Å². The van der Waals surface area contributed by atoms with Gasteiger partial charge in [-0.2, -0.15) is 0 Å². The number of ether oxygens (including phenoxy) is 2. The zero-order valence-electron chi connectivity index (χ0n) is 43.1. The molecule has 0 aliphatic heterocycles. The Morgan fingerprint density at radius 1 is 0.429 bits per heavy atom. The van der Waals surface area contributed by atoms with Gasteiger partial charge in [-0.3, -0.25) is 13.8 Å². The summed E-state index contributed by atoms with van der Waals surface area (Å²) in [6, 6.07) is 0. The van der Waals surface area contributed by atoms with E-state index in [1.54, 1.807) is 0 Å². The Balaban J connectivity index is 4.04. The minimum absolute atomic E-state index is 0.0944. The lowest BCUT2D eigenvalue weighted by Crippen LogP contribution is -2.37. The Morgan fingerprint density at radius 2 is 0.730 bits per heavy atom. The van der Waals surface area contributed by atoms with Crippen molar-refractivity contribution in [3.8, 4) is 0 Å². The van der Waals surface area contributed by atoms with E-state index in [-0.39, 0.29) is 25.8 Å². The number of carbonyl (C=O) groups excluding carboxylic acids is 1. The number of phosphoric ester groups is 1. The second-order valence-corrected chi connectivity index (χ2v) is 21.8. The van der Waals surface area contributed by atoms with Crippen molar-refractivity contribution in [3.63, 3.8) is 0 Å². The van der Waals surface area contributed by atoms with Gasteiger partial charge in [0.05, 0.1) is 34.4 Å². The van der Waals surface area contributed by atoms with Crippen LogP contribution in [0.5, 0.6) is 0 Å². The smallest absolute Gasteiger partial charge is 0.457 e. The minimum atomic E-state index is -4.27. The number of esters is 1. The molecule has 0 aliphatic carbocycles. The van der Waals surface area contributed by atoms with Crippen LogP contribution in [0.2, 0.25) is 0 Å². The number of quaternary nitrogens is 1. The van der Waals surface area contributed by atoms with Crippen molar-refractivity contribution in [2.75, 3.05) is 54.1 Å². The van der Waals surface area contributed by atoms with E-state index in [1.807, 2.05) is 21.1 Å². The van der Waals surface area contributed by atoms with Crippen LogP contribution in [-0.2, 0) is 27.9 Å². The van der Waals surface area contributed by atoms with Gasteiger partial charge < -0.3 is 18.9 Å². The number of nitrogens with zero attached hydrogens (tertiary/aromatic N) is 1. The molecule has 8 nitrogen and oxygen atoms in total. The maximum Gasteiger partial charge on any atom is 0.472 e. The molecule has 0 saturated heterocycles. The maximum absolute atomic E-state index is 12.8. The van der Waals surface area contributed by atoms with Crippen LogP contribution in [0, 0.1) is 0 Å². The van der Waals surface area contributed by atoms with E-state index in [9.17, 15) is 14.3 Å². The quantitative estimate of drug-likeness (QED) is 0.0281. The van der Waals surface area contributed by atoms with Crippen LogP contribution < -0.4 is 0 Å². The first-order chi connectivity index (χ1) is 30.6. The molecule has 0 fully saturated rings. The van der Waals surface area contributed by atoms with Crippen molar-refractivity contribution in [1.82, 2.24) is 0 Å². The normalized spacial score (nSPS) is 13.4. The SMILES string of the molecule is CCCCCCCCCCCCCCCCCCCCCCCC(=O)OC(COCCCCCCCCCCCCCCCCCCCCCC)COP(=O)(O)OCC[N+](C)(C)C. The van der Waals surface area contributed by atoms with E-state index in [4.69, 9.17) is 18.5 Å². The molecule has 0 spiro atoms. The molecule has 0 aliphatic rings. The Hall–Kier alpha value is -0.500. The van der Waals surface area contributed by atoms with Gasteiger partial charge in [-0.1, -0.05) is 264 Å². The van der Waals surface area contributed by atoms with Crippen molar-refractivity contribution in [2.24, 2.45) is 0 Å². The summed E-state index contributed by atoms with van der Waals surface area (Å²) in [5.41, 5.74) is 0. The van der Waals surface area contributed by atoms with Gasteiger partial charge >= 0.3 is 13.8 Å². The van der Waals surface area contributed by atoms with E-state index in [0.29, 0.717) is 24.1 Å². The zero-order chi connectivity index (χ0) is 46.2. The Kier molecular flexibility index (Phi) is 47.6. The molecule has 0 saturated carbocycles. The topological polar surface area (TPSA) is 91.3 Å². The molecule has 63 heavy (non-hydrogen) atoms. The molecule has 2 unspecified atom stereocenters. The predicted octanol–water partition coefficient (Wildman–Crippen LogP) is 17.2. The molecule has 1 N–H and O–H groups in total. The summed E-state index contributed by atoms with van der Waals surface area (Å²) in [4.78, 5) is 23.0. The van der Waals surface area contributed by atoms with Crippen LogP contribution in [0.3, 0.4) is 0 Å². The summed E-state index contributed by atoms with van der Waals surface area (Å²) in [6.45, 7) is 5.72. The molecular weight excluding hydrogens is 806 g/mol. The highest BCUT2D eigenvalue weighted by atomic mass is 31.2. The third kappa shape index (κ3) is 52.3. The molecule has 0 bridgehead atoms. The molecule has 0 radical (unpaired) electrons. The summed E-state index contributed by atoms with van der Waals surface area (Å²) in [5.74, 6) is -0.303. The lowest BCUT2D eigenvalue weighted by molar-refractivity contribution is -0.870. The number of rotatable bonds is 53. The highest BCUT2D eigenvalue weighted by Crippen LogP contribution is 2.43. The molecule has 2 atom stereocenters. The Labute approximate surface area is 393 Å². The summed E-state index contributed by atoms with van der Waals surface area (Å²) in [5, 5.41) is 0. The maximum atomic E-state index is 12.8. The number of carbonyl (C=O) groups is 1. The number of hydrogen-bond acceptors (Lipinski definition) is 6. The van der Waals surface area contributed by atoms with E-state index in [2.05, 4.69) is 13.8 Å². The summed E-state index contributed by atoms with van der Waals surface area (Å²) < 4.78 is 35.2. The van der Waals surface area contributed by atoms with Crippen molar-refractivity contribution >= 4 is 13.8 Å². The van der Waals surface area contributed by atoms with Gasteiger partial charge in [-0.05, 0) is 12.8 Å². The third-order valence-electron chi connectivity index (χ3n) is 12.7. The molecule has 0 aromatic rings. The van der Waals surface area contributed by atoms with Gasteiger partial charge in [-0.15, -0.1) is 0 Å². The average molecular weight is 917 g/mol. The molecule has 0 amide bonds. The molecule has 0 heterocycles. The molecule has 0 aromatic heterocycles. The fourth-order valence-electron chi connectivity index (χ4n) is 8.38. The van der Waals surface area contributed by atoms with Crippen molar-refractivity contribution in [2.45, 2.75) is 290 Å². The highest BCUT2D eigenvalue weighted by Gasteiger charge is 2.26. The fourth-order valence-corrected chi connectivity index (χ4v) is 9.12. The van der Waals surface area contributed by atoms with E-state index >= 15 is 0 Å². The van der Waals surface area contributed by atoms with Crippen LogP contribution in [0.4, 0.5) is 0 Å². The molecule has 0 rings (SSSR count). The number of likely N-dealkylation sites (N-methyl/N-ethyl adjacent to an activating group) is 1. The van der Waals surface area contributed by atoms with Crippen LogP contribution in [0.25, 0.3) is 0 Å². The van der Waals surface area contributed by atoms with Gasteiger partial charge in [0.15, 0.2) is 0 Å². The van der Waals surface area contributed by atoms with Crippen LogP contribution >= 0.6 is 7.82 Å². The monoisotopic (exact) mass is 917 g/mol. The second-order valence-electron chi connectivity index (χ2n) is 20.3. The van der Waals surface area contributed by atoms with E-state index < -0.39 is 13.9 Å². The Morgan fingerprint density at radius 3 is 1.05 bits per heavy atom. The first-order valence-corrected chi connectivity index (χ1v) is 29.3. The van der Waals surface area contributed by atoms with E-state index in [1.165, 1.54) is 231 Å². The molecular formula is C54H111NO7P+. The standard InChI is InChI=1S/C54H110NO7P/c1-6-8-10-12-14-16-18-20-22-24-26-28-29-31-33-35-37-39-41-43-45-47-54(56)62-53(52-61-63(57,58)60-50-48-55(3,4)5)51-59-49-46-44-42-40-38-36-34-32-30-27-25-23-21-19-17-15-13-11-9-7-2/h53H,6-52H2,1-5H3/p+1. The second kappa shape index (κ2) is 48.0. The van der Waals surface area contributed by atoms with Crippen LogP contribution in [-0.4, -0.2) is 75.6 Å². The summed E-state index contributed by atoms with van der Waals surface area (Å²) in [6.07, 6.45) is 54.4. The lowest BCUT2D eigenvalue weighted by atomic mass is 10.0. The zero-order valence-corrected chi connectivity index (χ0v) is 44.0. The van der Waals surface area contributed by atoms with Crippen LogP contribution in [0.15, 0.2) is 0 Å². The molecule has 378 valence electrons. The molecule has 0 aromatic carbocycles. The van der Waals surface area contributed by atoms with Gasteiger partial charge in [0.2, 0.25) is 0 Å². The predicted molar refractivity (Wildman–Crippen MR) is 271 cm³/mol. The number of phosphoric acid groups is 1. The van der Waals surface area contributed by atoms with Crippen molar-refractivity contribution in [3.05, 3.63) is 0 Å². The van der Waals surface area contributed by atoms with Crippen molar-refractivity contribution in [1.29, 1.82) is 0 Å². The molecule has 9 heteroatoms. The summed E-state index contributed by atoms with van der Waals surface area (Å²) in [7, 11) is 1.69. The van der Waals surface area contributed by atoms with E-state index in [0.717, 1.165) is 32.1 Å². The largest absolute Gasteiger partial charge is 0.472 e. The van der Waals surface area contributed by atoms with Crippen molar-refractivity contribution < 1.29 is 37.3 Å². The third-order valence-corrected chi connectivity index (χ3v) is 13.7. The first-order valence-electron chi connectivity index (χ1n) is 27.8. The first kappa shape index (κ1) is 62.5. The van der Waals surface area contributed by atoms with Gasteiger partial charge in [-0.25, -0.2) is 4.57 Å². The number of unbranched alkanes of at least 4 members (excludes halogenated alkanes) is 39.